The largest absolute Gasteiger partial charge is 0.497 e. The highest BCUT2D eigenvalue weighted by Crippen LogP contribution is 2.36. The fourth-order valence-corrected chi connectivity index (χ4v) is 4.23. The van der Waals surface area contributed by atoms with Gasteiger partial charge in [0.25, 0.3) is 0 Å². The normalized spacial score (nSPS) is 17.1. The van der Waals surface area contributed by atoms with Crippen LogP contribution in [0.1, 0.15) is 42.5 Å². The van der Waals surface area contributed by atoms with Crippen molar-refractivity contribution in [2.24, 2.45) is 0 Å². The quantitative estimate of drug-likeness (QED) is 0.718. The molecular weight excluding hydrogens is 352 g/mol. The Hall–Kier alpha value is -2.76. The molecule has 1 atom stereocenters. The summed E-state index contributed by atoms with van der Waals surface area (Å²) in [5.74, 6) is 3.00. The molecule has 4 rings (SSSR count). The molecular formula is C22H28N4O2. The molecule has 6 heteroatoms. The molecule has 1 aromatic carbocycles. The lowest BCUT2D eigenvalue weighted by Gasteiger charge is -2.34. The summed E-state index contributed by atoms with van der Waals surface area (Å²) in [5, 5.41) is 8.58. The van der Waals surface area contributed by atoms with Gasteiger partial charge in [-0.2, -0.15) is 5.10 Å². The third kappa shape index (κ3) is 3.28. The molecule has 0 saturated carbocycles. The lowest BCUT2D eigenvalue weighted by Crippen LogP contribution is -2.35. The van der Waals surface area contributed by atoms with E-state index in [2.05, 4.69) is 35.0 Å². The number of methoxy groups -OCH3 is 2. The van der Waals surface area contributed by atoms with E-state index in [9.17, 15) is 0 Å². The topological polar surface area (TPSA) is 63.3 Å². The molecule has 3 aromatic rings. The first-order valence-corrected chi connectivity index (χ1v) is 9.95. The monoisotopic (exact) mass is 380 g/mol. The molecule has 1 saturated heterocycles. The summed E-state index contributed by atoms with van der Waals surface area (Å²) in [6, 6.07) is 6.11. The second-order valence-electron chi connectivity index (χ2n) is 7.47. The van der Waals surface area contributed by atoms with Gasteiger partial charge in [-0.3, -0.25) is 5.10 Å². The SMILES string of the molecule is CCc1cn[nH]c1C1CCCN(c2cc(C)c3cc(OC)cc(OC)c3n2)C1. The zero-order valence-electron chi connectivity index (χ0n) is 17.1. The maximum atomic E-state index is 5.60. The molecule has 1 aliphatic heterocycles. The fourth-order valence-electron chi connectivity index (χ4n) is 4.23. The van der Waals surface area contributed by atoms with Gasteiger partial charge in [-0.1, -0.05) is 6.92 Å². The Labute approximate surface area is 165 Å². The van der Waals surface area contributed by atoms with Crippen LogP contribution in [0.3, 0.4) is 0 Å². The highest BCUT2D eigenvalue weighted by atomic mass is 16.5. The van der Waals surface area contributed by atoms with E-state index >= 15 is 0 Å². The zero-order chi connectivity index (χ0) is 19.7. The van der Waals surface area contributed by atoms with E-state index in [1.807, 2.05) is 18.3 Å². The van der Waals surface area contributed by atoms with Gasteiger partial charge in [-0.05, 0) is 49.4 Å². The van der Waals surface area contributed by atoms with Crippen molar-refractivity contribution in [1.29, 1.82) is 0 Å². The van der Waals surface area contributed by atoms with Crippen LogP contribution in [0.4, 0.5) is 5.82 Å². The molecule has 0 bridgehead atoms. The van der Waals surface area contributed by atoms with Gasteiger partial charge in [0.05, 0.1) is 20.4 Å². The van der Waals surface area contributed by atoms with Crippen molar-refractivity contribution in [1.82, 2.24) is 15.2 Å². The molecule has 0 radical (unpaired) electrons. The van der Waals surface area contributed by atoms with Crippen LogP contribution >= 0.6 is 0 Å². The molecule has 3 heterocycles. The molecule has 0 amide bonds. The Morgan fingerprint density at radius 2 is 2.07 bits per heavy atom. The molecule has 28 heavy (non-hydrogen) atoms. The molecule has 1 N–H and O–H groups in total. The first-order valence-electron chi connectivity index (χ1n) is 9.95. The Bertz CT molecular complexity index is 982. The number of benzene rings is 1. The third-order valence-electron chi connectivity index (χ3n) is 5.79. The van der Waals surface area contributed by atoms with E-state index < -0.39 is 0 Å². The van der Waals surface area contributed by atoms with Gasteiger partial charge in [0.1, 0.15) is 22.8 Å². The minimum Gasteiger partial charge on any atom is -0.497 e. The van der Waals surface area contributed by atoms with E-state index in [1.165, 1.54) is 23.2 Å². The number of nitrogens with one attached hydrogen (secondary N) is 1. The predicted molar refractivity (Wildman–Crippen MR) is 112 cm³/mol. The zero-order valence-corrected chi connectivity index (χ0v) is 17.1. The van der Waals surface area contributed by atoms with Crippen LogP contribution < -0.4 is 14.4 Å². The number of aromatic amines is 1. The molecule has 148 valence electrons. The van der Waals surface area contributed by atoms with E-state index in [-0.39, 0.29) is 0 Å². The fraction of sp³-hybridized carbons (Fsp3) is 0.455. The van der Waals surface area contributed by atoms with Gasteiger partial charge in [-0.25, -0.2) is 4.98 Å². The van der Waals surface area contributed by atoms with E-state index in [0.29, 0.717) is 5.92 Å². The van der Waals surface area contributed by atoms with Crippen molar-refractivity contribution < 1.29 is 9.47 Å². The number of aromatic nitrogens is 3. The van der Waals surface area contributed by atoms with Gasteiger partial charge < -0.3 is 14.4 Å². The molecule has 0 aliphatic carbocycles. The number of pyridine rings is 1. The van der Waals surface area contributed by atoms with Gasteiger partial charge >= 0.3 is 0 Å². The van der Waals surface area contributed by atoms with Gasteiger partial charge in [0.2, 0.25) is 0 Å². The van der Waals surface area contributed by atoms with Crippen LogP contribution in [0.2, 0.25) is 0 Å². The summed E-state index contributed by atoms with van der Waals surface area (Å²) in [6.07, 6.45) is 5.30. The summed E-state index contributed by atoms with van der Waals surface area (Å²) in [4.78, 5) is 7.38. The first kappa shape index (κ1) is 18.6. The van der Waals surface area contributed by atoms with Gasteiger partial charge in [0.15, 0.2) is 0 Å². The Balaban J connectivity index is 1.70. The number of fused-ring (bicyclic) bond motifs is 1. The summed E-state index contributed by atoms with van der Waals surface area (Å²) in [7, 11) is 3.35. The van der Waals surface area contributed by atoms with E-state index in [4.69, 9.17) is 14.5 Å². The third-order valence-corrected chi connectivity index (χ3v) is 5.79. The maximum Gasteiger partial charge on any atom is 0.148 e. The summed E-state index contributed by atoms with van der Waals surface area (Å²) < 4.78 is 11.0. The molecule has 2 aromatic heterocycles. The lowest BCUT2D eigenvalue weighted by atomic mass is 9.92. The highest BCUT2D eigenvalue weighted by Gasteiger charge is 2.26. The minimum absolute atomic E-state index is 0.460. The van der Waals surface area contributed by atoms with E-state index in [0.717, 1.165) is 54.2 Å². The van der Waals surface area contributed by atoms with Crippen LogP contribution in [-0.4, -0.2) is 42.5 Å². The number of ether oxygens (including phenoxy) is 2. The van der Waals surface area contributed by atoms with Crippen molar-refractivity contribution in [3.8, 4) is 11.5 Å². The number of hydrogen-bond donors (Lipinski definition) is 1. The van der Waals surface area contributed by atoms with Crippen molar-refractivity contribution in [3.05, 3.63) is 41.2 Å². The van der Waals surface area contributed by atoms with Gasteiger partial charge in [0, 0.05) is 36.2 Å². The average Bonchev–Trinajstić information content (AvgIpc) is 3.22. The standard InChI is InChI=1S/C22H28N4O2/c1-5-15-12-23-25-21(15)16-7-6-8-26(13-16)20-9-14(2)18-10-17(27-3)11-19(28-4)22(18)24-20/h9-12,16H,5-8,13H2,1-4H3,(H,23,25). The first-order chi connectivity index (χ1) is 13.6. The Morgan fingerprint density at radius 1 is 1.21 bits per heavy atom. The summed E-state index contributed by atoms with van der Waals surface area (Å²) in [6.45, 7) is 6.27. The average molecular weight is 380 g/mol. The smallest absolute Gasteiger partial charge is 0.148 e. The van der Waals surface area contributed by atoms with Crippen molar-refractivity contribution in [2.75, 3.05) is 32.2 Å². The second kappa shape index (κ2) is 7.70. The summed E-state index contributed by atoms with van der Waals surface area (Å²) in [5.41, 5.74) is 4.67. The Kier molecular flexibility index (Phi) is 5.11. The number of aryl methyl sites for hydroxylation is 2. The number of nitrogens with zero attached hydrogens (tertiary/aromatic N) is 3. The molecule has 0 spiro atoms. The van der Waals surface area contributed by atoms with Crippen LogP contribution in [0.15, 0.2) is 24.4 Å². The van der Waals surface area contributed by atoms with E-state index in [1.54, 1.807) is 14.2 Å². The van der Waals surface area contributed by atoms with Crippen LogP contribution in [-0.2, 0) is 6.42 Å². The minimum atomic E-state index is 0.460. The second-order valence-corrected chi connectivity index (χ2v) is 7.47. The number of piperidine rings is 1. The lowest BCUT2D eigenvalue weighted by molar-refractivity contribution is 0.397. The van der Waals surface area contributed by atoms with Crippen molar-refractivity contribution >= 4 is 16.7 Å². The molecule has 1 aliphatic rings. The van der Waals surface area contributed by atoms with Crippen LogP contribution in [0.25, 0.3) is 10.9 Å². The van der Waals surface area contributed by atoms with Crippen molar-refractivity contribution in [2.45, 2.75) is 39.0 Å². The number of H-pyrrole nitrogens is 1. The van der Waals surface area contributed by atoms with Crippen molar-refractivity contribution in [3.63, 3.8) is 0 Å². The maximum absolute atomic E-state index is 5.60. The molecule has 1 fully saturated rings. The van der Waals surface area contributed by atoms with Gasteiger partial charge in [-0.15, -0.1) is 0 Å². The van der Waals surface area contributed by atoms with Crippen LogP contribution in [0, 0.1) is 6.92 Å². The number of hydrogen-bond acceptors (Lipinski definition) is 5. The highest BCUT2D eigenvalue weighted by molar-refractivity contribution is 5.90. The summed E-state index contributed by atoms with van der Waals surface area (Å²) >= 11 is 0. The molecule has 6 nitrogen and oxygen atoms in total. The number of rotatable bonds is 5. The number of anilines is 1. The van der Waals surface area contributed by atoms with Crippen LogP contribution in [0.5, 0.6) is 11.5 Å². The predicted octanol–water partition coefficient (Wildman–Crippen LogP) is 4.23. The molecule has 1 unspecified atom stereocenters. The Morgan fingerprint density at radius 3 is 2.82 bits per heavy atom.